The molecule has 1 aliphatic carbocycles. The van der Waals surface area contributed by atoms with Crippen LogP contribution in [0.3, 0.4) is 0 Å². The fraction of sp³-hybridized carbons (Fsp3) is 0.889. The quantitative estimate of drug-likeness (QED) is 0.746. The average Bonchev–Trinajstić information content (AvgIpc) is 2.50. The maximum atomic E-state index is 11.6. The summed E-state index contributed by atoms with van der Waals surface area (Å²) in [5.74, 6) is -1.02. The van der Waals surface area contributed by atoms with Crippen LogP contribution in [0, 0.1) is 5.92 Å². The highest BCUT2D eigenvalue weighted by Crippen LogP contribution is 2.25. The first kappa shape index (κ1) is 12.4. The second kappa shape index (κ2) is 4.49. The lowest BCUT2D eigenvalue weighted by atomic mass is 10.1. The molecule has 1 fully saturated rings. The minimum absolute atomic E-state index is 0.100. The lowest BCUT2D eigenvalue weighted by Gasteiger charge is -2.18. The smallest absolute Gasteiger partial charge is 0.323 e. The van der Waals surface area contributed by atoms with Gasteiger partial charge in [-0.15, -0.1) is 0 Å². The highest BCUT2D eigenvalue weighted by Gasteiger charge is 2.33. The maximum Gasteiger partial charge on any atom is 0.323 e. The number of carbonyl (C=O) groups is 1. The van der Waals surface area contributed by atoms with E-state index in [2.05, 4.69) is 4.72 Å². The number of carboxylic acids is 1. The van der Waals surface area contributed by atoms with Gasteiger partial charge in [-0.05, 0) is 25.7 Å². The molecule has 0 radical (unpaired) electrons. The van der Waals surface area contributed by atoms with Crippen molar-refractivity contribution in [2.75, 3.05) is 0 Å². The molecular weight excluding hydrogens is 218 g/mol. The van der Waals surface area contributed by atoms with Crippen molar-refractivity contribution in [2.24, 2.45) is 5.92 Å². The van der Waals surface area contributed by atoms with Gasteiger partial charge in [0.15, 0.2) is 5.25 Å². The van der Waals surface area contributed by atoms with E-state index >= 15 is 0 Å². The molecule has 0 aromatic rings. The van der Waals surface area contributed by atoms with E-state index < -0.39 is 21.2 Å². The molecule has 0 saturated heterocycles. The second-order valence-corrected chi connectivity index (χ2v) is 6.19. The molecule has 15 heavy (non-hydrogen) atoms. The fourth-order valence-electron chi connectivity index (χ4n) is 1.77. The first-order chi connectivity index (χ1) is 6.84. The number of aliphatic carboxylic acids is 1. The zero-order valence-corrected chi connectivity index (χ0v) is 9.75. The van der Waals surface area contributed by atoms with Gasteiger partial charge in [-0.25, -0.2) is 13.1 Å². The van der Waals surface area contributed by atoms with Gasteiger partial charge in [0.05, 0.1) is 0 Å². The van der Waals surface area contributed by atoms with Crippen molar-refractivity contribution in [1.82, 2.24) is 4.72 Å². The topological polar surface area (TPSA) is 83.5 Å². The molecule has 3 unspecified atom stereocenters. The first-order valence-electron chi connectivity index (χ1n) is 5.08. The van der Waals surface area contributed by atoms with Crippen LogP contribution in [0.15, 0.2) is 0 Å². The number of hydrogen-bond donors (Lipinski definition) is 2. The van der Waals surface area contributed by atoms with E-state index in [-0.39, 0.29) is 6.04 Å². The van der Waals surface area contributed by atoms with Gasteiger partial charge in [0, 0.05) is 6.04 Å². The third kappa shape index (κ3) is 2.92. The zero-order chi connectivity index (χ0) is 11.6. The van der Waals surface area contributed by atoms with Gasteiger partial charge in [0.25, 0.3) is 0 Å². The third-order valence-corrected chi connectivity index (χ3v) is 4.75. The summed E-state index contributed by atoms with van der Waals surface area (Å²) in [6, 6.07) is -0.100. The van der Waals surface area contributed by atoms with Crippen molar-refractivity contribution < 1.29 is 18.3 Å². The maximum absolute atomic E-state index is 11.6. The van der Waals surface area contributed by atoms with Gasteiger partial charge < -0.3 is 5.11 Å². The van der Waals surface area contributed by atoms with Crippen LogP contribution >= 0.6 is 0 Å². The largest absolute Gasteiger partial charge is 0.480 e. The van der Waals surface area contributed by atoms with Gasteiger partial charge in [-0.1, -0.05) is 13.3 Å². The Hall–Kier alpha value is -0.620. The van der Waals surface area contributed by atoms with Gasteiger partial charge in [-0.2, -0.15) is 0 Å². The minimum Gasteiger partial charge on any atom is -0.480 e. The molecule has 0 spiro atoms. The molecule has 88 valence electrons. The Kier molecular flexibility index (Phi) is 3.72. The number of nitrogens with one attached hydrogen (secondary N) is 1. The molecule has 0 aromatic carbocycles. The van der Waals surface area contributed by atoms with Crippen molar-refractivity contribution in [3.05, 3.63) is 0 Å². The van der Waals surface area contributed by atoms with Crippen molar-refractivity contribution in [3.8, 4) is 0 Å². The molecule has 0 aliphatic heterocycles. The van der Waals surface area contributed by atoms with Gasteiger partial charge >= 0.3 is 5.97 Å². The standard InChI is InChI=1S/C9H17NO4S/c1-6-4-3-5-8(6)10-15(13,14)7(2)9(11)12/h6-8,10H,3-5H2,1-2H3,(H,11,12). The van der Waals surface area contributed by atoms with Crippen molar-refractivity contribution in [1.29, 1.82) is 0 Å². The molecule has 0 aromatic heterocycles. The van der Waals surface area contributed by atoms with Crippen molar-refractivity contribution >= 4 is 16.0 Å². The van der Waals surface area contributed by atoms with Gasteiger partial charge in [-0.3, -0.25) is 4.79 Å². The van der Waals surface area contributed by atoms with Crippen LogP contribution in [0.5, 0.6) is 0 Å². The summed E-state index contributed by atoms with van der Waals surface area (Å²) in [4.78, 5) is 10.6. The van der Waals surface area contributed by atoms with E-state index in [0.29, 0.717) is 5.92 Å². The van der Waals surface area contributed by atoms with E-state index in [4.69, 9.17) is 5.11 Å². The van der Waals surface area contributed by atoms with Crippen LogP contribution in [0.25, 0.3) is 0 Å². The summed E-state index contributed by atoms with van der Waals surface area (Å²) in [5, 5.41) is 7.25. The monoisotopic (exact) mass is 235 g/mol. The molecule has 3 atom stereocenters. The summed E-state index contributed by atoms with van der Waals surface area (Å²) in [6.07, 6.45) is 2.79. The minimum atomic E-state index is -3.73. The second-order valence-electron chi connectivity index (χ2n) is 4.16. The Bertz CT molecular complexity index is 338. The summed E-state index contributed by atoms with van der Waals surface area (Å²) < 4.78 is 25.6. The van der Waals surface area contributed by atoms with Crippen LogP contribution in [-0.2, 0) is 14.8 Å². The molecular formula is C9H17NO4S. The average molecular weight is 235 g/mol. The Balaban J connectivity index is 2.68. The van der Waals surface area contributed by atoms with Crippen LogP contribution < -0.4 is 4.72 Å². The Morgan fingerprint density at radius 1 is 1.47 bits per heavy atom. The normalized spacial score (nSPS) is 28.9. The van der Waals surface area contributed by atoms with E-state index in [1.807, 2.05) is 6.92 Å². The summed E-state index contributed by atoms with van der Waals surface area (Å²) in [7, 11) is -3.73. The molecule has 6 heteroatoms. The number of sulfonamides is 1. The third-order valence-electron chi connectivity index (χ3n) is 2.99. The van der Waals surface area contributed by atoms with Crippen molar-refractivity contribution in [2.45, 2.75) is 44.4 Å². The number of rotatable bonds is 4. The van der Waals surface area contributed by atoms with Gasteiger partial charge in [0.2, 0.25) is 10.0 Å². The number of hydrogen-bond acceptors (Lipinski definition) is 3. The molecule has 0 heterocycles. The highest BCUT2D eigenvalue weighted by molar-refractivity contribution is 7.90. The molecule has 0 amide bonds. The van der Waals surface area contributed by atoms with E-state index in [1.165, 1.54) is 6.92 Å². The molecule has 5 nitrogen and oxygen atoms in total. The van der Waals surface area contributed by atoms with Crippen LogP contribution in [0.1, 0.15) is 33.1 Å². The van der Waals surface area contributed by atoms with E-state index in [9.17, 15) is 13.2 Å². The lowest BCUT2D eigenvalue weighted by molar-refractivity contribution is -0.136. The predicted octanol–water partition coefficient (Wildman–Crippen LogP) is 0.567. The number of carboxylic acid groups (broad SMARTS) is 1. The first-order valence-corrected chi connectivity index (χ1v) is 6.63. The Morgan fingerprint density at radius 3 is 2.47 bits per heavy atom. The van der Waals surface area contributed by atoms with E-state index in [1.54, 1.807) is 0 Å². The SMILES string of the molecule is CC1CCCC1NS(=O)(=O)C(C)C(=O)O. The fourth-order valence-corrected chi connectivity index (χ4v) is 3.01. The van der Waals surface area contributed by atoms with Crippen LogP contribution in [0.2, 0.25) is 0 Å². The van der Waals surface area contributed by atoms with E-state index in [0.717, 1.165) is 19.3 Å². The molecule has 1 rings (SSSR count). The lowest BCUT2D eigenvalue weighted by Crippen LogP contribution is -2.43. The Labute approximate surface area is 89.9 Å². The zero-order valence-electron chi connectivity index (χ0n) is 8.93. The highest BCUT2D eigenvalue weighted by atomic mass is 32.2. The predicted molar refractivity (Wildman–Crippen MR) is 56.0 cm³/mol. The molecule has 1 aliphatic rings. The van der Waals surface area contributed by atoms with Crippen LogP contribution in [0.4, 0.5) is 0 Å². The molecule has 1 saturated carbocycles. The summed E-state index contributed by atoms with van der Waals surface area (Å²) >= 11 is 0. The van der Waals surface area contributed by atoms with Crippen LogP contribution in [-0.4, -0.2) is 30.8 Å². The molecule has 2 N–H and O–H groups in total. The van der Waals surface area contributed by atoms with Crippen molar-refractivity contribution in [3.63, 3.8) is 0 Å². The molecule has 0 bridgehead atoms. The summed E-state index contributed by atoms with van der Waals surface area (Å²) in [6.45, 7) is 3.16. The Morgan fingerprint density at radius 2 is 2.07 bits per heavy atom. The van der Waals surface area contributed by atoms with Gasteiger partial charge in [0.1, 0.15) is 0 Å². The summed E-state index contributed by atoms with van der Waals surface area (Å²) in [5.41, 5.74) is 0.